The molecule has 0 aliphatic carbocycles. The number of halogens is 1. The number of benzene rings is 2. The first-order valence-corrected chi connectivity index (χ1v) is 11.8. The zero-order valence-electron chi connectivity index (χ0n) is 20.1. The third-order valence-electron chi connectivity index (χ3n) is 6.29. The van der Waals surface area contributed by atoms with Crippen LogP contribution < -0.4 is 15.5 Å². The van der Waals surface area contributed by atoms with E-state index in [4.69, 9.17) is 4.98 Å². The number of aromatic amines is 1. The highest BCUT2D eigenvalue weighted by atomic mass is 19.1. The summed E-state index contributed by atoms with van der Waals surface area (Å²) < 4.78 is 15.0. The molecule has 0 bridgehead atoms. The van der Waals surface area contributed by atoms with Gasteiger partial charge in [0.1, 0.15) is 11.5 Å². The van der Waals surface area contributed by atoms with E-state index in [1.807, 2.05) is 42.6 Å². The molecule has 5 rings (SSSR count). The second-order valence-corrected chi connectivity index (χ2v) is 8.89. The van der Waals surface area contributed by atoms with Crippen molar-refractivity contribution in [1.29, 1.82) is 0 Å². The van der Waals surface area contributed by atoms with E-state index < -0.39 is 0 Å². The number of carbonyl (C=O) groups excluding carboxylic acids is 1. The van der Waals surface area contributed by atoms with Crippen LogP contribution in [0.1, 0.15) is 11.3 Å². The van der Waals surface area contributed by atoms with Crippen molar-refractivity contribution < 1.29 is 9.18 Å². The van der Waals surface area contributed by atoms with Gasteiger partial charge in [-0.3, -0.25) is 4.79 Å². The Balaban J connectivity index is 1.37. The topological polar surface area (TPSA) is 89.2 Å². The third-order valence-corrected chi connectivity index (χ3v) is 6.29. The Hall–Kier alpha value is -4.24. The number of piperazine rings is 1. The molecule has 8 nitrogen and oxygen atoms in total. The second kappa shape index (κ2) is 10.2. The highest BCUT2D eigenvalue weighted by Gasteiger charge is 2.18. The van der Waals surface area contributed by atoms with Crippen molar-refractivity contribution >= 4 is 40.0 Å². The van der Waals surface area contributed by atoms with Gasteiger partial charge in [0.2, 0.25) is 11.9 Å². The van der Waals surface area contributed by atoms with Crippen LogP contribution >= 0.6 is 0 Å². The van der Waals surface area contributed by atoms with Crippen LogP contribution in [0.4, 0.5) is 27.4 Å². The molecule has 1 aliphatic heterocycles. The monoisotopic (exact) mass is 485 g/mol. The molecule has 0 saturated carbocycles. The SMILES string of the molecule is C=CC(=O)Nc1cccc(Cc2nc(Nc3ccc(N4CCN(C)CC4)c(F)c3)nc3[nH]ccc23)c1. The Kier molecular flexibility index (Phi) is 6.64. The van der Waals surface area contributed by atoms with Crippen LogP contribution in [0.25, 0.3) is 11.0 Å². The van der Waals surface area contributed by atoms with Crippen LogP contribution in [0.2, 0.25) is 0 Å². The number of amides is 1. The summed E-state index contributed by atoms with van der Waals surface area (Å²) in [6.45, 7) is 6.91. The lowest BCUT2D eigenvalue weighted by Crippen LogP contribution is -2.44. The Bertz CT molecular complexity index is 1410. The Morgan fingerprint density at radius 3 is 2.72 bits per heavy atom. The van der Waals surface area contributed by atoms with Crippen molar-refractivity contribution in [2.45, 2.75) is 6.42 Å². The van der Waals surface area contributed by atoms with Crippen molar-refractivity contribution in [2.75, 3.05) is 48.8 Å². The molecule has 184 valence electrons. The minimum atomic E-state index is -0.274. The van der Waals surface area contributed by atoms with Gasteiger partial charge in [-0.25, -0.2) is 9.37 Å². The van der Waals surface area contributed by atoms with Crippen molar-refractivity contribution in [3.8, 4) is 0 Å². The molecule has 1 amide bonds. The first-order valence-electron chi connectivity index (χ1n) is 11.8. The summed E-state index contributed by atoms with van der Waals surface area (Å²) in [6.07, 6.45) is 3.58. The van der Waals surface area contributed by atoms with Crippen molar-refractivity contribution in [3.63, 3.8) is 0 Å². The lowest BCUT2D eigenvalue weighted by atomic mass is 10.1. The van der Waals surface area contributed by atoms with E-state index in [9.17, 15) is 9.18 Å². The van der Waals surface area contributed by atoms with Gasteiger partial charge in [0, 0.05) is 55.6 Å². The van der Waals surface area contributed by atoms with E-state index in [2.05, 4.69) is 44.0 Å². The van der Waals surface area contributed by atoms with Gasteiger partial charge in [-0.05, 0) is 55.1 Å². The molecular weight excluding hydrogens is 457 g/mol. The fourth-order valence-corrected chi connectivity index (χ4v) is 4.36. The Morgan fingerprint density at radius 1 is 1.11 bits per heavy atom. The largest absolute Gasteiger partial charge is 0.367 e. The van der Waals surface area contributed by atoms with Crippen LogP contribution in [0, 0.1) is 5.82 Å². The zero-order valence-corrected chi connectivity index (χ0v) is 20.1. The second-order valence-electron chi connectivity index (χ2n) is 8.89. The van der Waals surface area contributed by atoms with E-state index >= 15 is 0 Å². The van der Waals surface area contributed by atoms with Crippen molar-refractivity contribution in [3.05, 3.63) is 84.5 Å². The molecule has 1 saturated heterocycles. The number of fused-ring (bicyclic) bond motifs is 1. The van der Waals surface area contributed by atoms with E-state index in [-0.39, 0.29) is 11.7 Å². The lowest BCUT2D eigenvalue weighted by molar-refractivity contribution is -0.111. The maximum atomic E-state index is 15.0. The fourth-order valence-electron chi connectivity index (χ4n) is 4.36. The van der Waals surface area contributed by atoms with Gasteiger partial charge >= 0.3 is 0 Å². The Morgan fingerprint density at radius 2 is 1.94 bits per heavy atom. The molecule has 9 heteroatoms. The zero-order chi connectivity index (χ0) is 25.1. The van der Waals surface area contributed by atoms with Gasteiger partial charge in [-0.15, -0.1) is 0 Å². The van der Waals surface area contributed by atoms with Gasteiger partial charge in [-0.1, -0.05) is 18.7 Å². The molecule has 36 heavy (non-hydrogen) atoms. The van der Waals surface area contributed by atoms with Gasteiger partial charge in [0.25, 0.3) is 0 Å². The average molecular weight is 486 g/mol. The van der Waals surface area contributed by atoms with Crippen LogP contribution in [-0.2, 0) is 11.2 Å². The van der Waals surface area contributed by atoms with Gasteiger partial charge in [0.15, 0.2) is 0 Å². The number of anilines is 4. The van der Waals surface area contributed by atoms with Gasteiger partial charge in [-0.2, -0.15) is 4.98 Å². The maximum absolute atomic E-state index is 15.0. The minimum absolute atomic E-state index is 0.264. The molecule has 0 unspecified atom stereocenters. The number of nitrogens with one attached hydrogen (secondary N) is 3. The number of rotatable bonds is 7. The molecule has 3 heterocycles. The lowest BCUT2D eigenvalue weighted by Gasteiger charge is -2.34. The molecule has 3 N–H and O–H groups in total. The van der Waals surface area contributed by atoms with E-state index in [1.165, 1.54) is 12.1 Å². The van der Waals surface area contributed by atoms with Crippen LogP contribution in [0.3, 0.4) is 0 Å². The quantitative estimate of drug-likeness (QED) is 0.338. The van der Waals surface area contributed by atoms with E-state index in [1.54, 1.807) is 6.07 Å². The standard InChI is InChI=1S/C27H28FN7O/c1-3-25(36)30-19-6-4-5-18(15-19)16-23-21-9-10-29-26(21)33-27(32-23)31-20-7-8-24(22(28)17-20)35-13-11-34(2)12-14-35/h3-10,15,17H,1,11-14,16H2,2H3,(H,30,36)(H2,29,31,32,33). The molecule has 1 fully saturated rings. The Labute approximate surface area is 208 Å². The smallest absolute Gasteiger partial charge is 0.247 e. The summed E-state index contributed by atoms with van der Waals surface area (Å²) in [4.78, 5) is 28.4. The summed E-state index contributed by atoms with van der Waals surface area (Å²) in [7, 11) is 2.08. The first kappa shape index (κ1) is 23.5. The highest BCUT2D eigenvalue weighted by Crippen LogP contribution is 2.27. The van der Waals surface area contributed by atoms with Crippen molar-refractivity contribution in [2.24, 2.45) is 0 Å². The van der Waals surface area contributed by atoms with Gasteiger partial charge in [0.05, 0.1) is 11.4 Å². The van der Waals surface area contributed by atoms with Crippen LogP contribution in [-0.4, -0.2) is 59.0 Å². The predicted octanol–water partition coefficient (Wildman–Crippen LogP) is 4.31. The predicted molar refractivity (Wildman–Crippen MR) is 141 cm³/mol. The molecule has 0 radical (unpaired) electrons. The fraction of sp³-hybridized carbons (Fsp3) is 0.222. The molecule has 0 atom stereocenters. The summed E-state index contributed by atoms with van der Waals surface area (Å²) >= 11 is 0. The molecule has 2 aromatic carbocycles. The summed E-state index contributed by atoms with van der Waals surface area (Å²) in [5, 5.41) is 6.84. The normalized spacial score (nSPS) is 14.1. The summed E-state index contributed by atoms with van der Waals surface area (Å²) in [5.41, 5.74) is 4.35. The molecule has 1 aliphatic rings. The number of hydrogen-bond donors (Lipinski definition) is 3. The molecule has 4 aromatic rings. The van der Waals surface area contributed by atoms with E-state index in [0.717, 1.165) is 42.8 Å². The van der Waals surface area contributed by atoms with E-state index in [0.29, 0.717) is 35.1 Å². The van der Waals surface area contributed by atoms with Crippen LogP contribution in [0.15, 0.2) is 67.4 Å². The number of H-pyrrole nitrogens is 1. The summed E-state index contributed by atoms with van der Waals surface area (Å²) in [5.74, 6) is -0.161. The first-order chi connectivity index (χ1) is 17.5. The number of aromatic nitrogens is 3. The third kappa shape index (κ3) is 5.21. The number of likely N-dealkylation sites (N-methyl/N-ethyl adjacent to an activating group) is 1. The van der Waals surface area contributed by atoms with Gasteiger partial charge < -0.3 is 25.4 Å². The molecule has 0 spiro atoms. The maximum Gasteiger partial charge on any atom is 0.247 e. The number of nitrogens with zero attached hydrogens (tertiary/aromatic N) is 4. The molecular formula is C27H28FN7O. The summed E-state index contributed by atoms with van der Waals surface area (Å²) in [6, 6.07) is 14.7. The average Bonchev–Trinajstić information content (AvgIpc) is 3.34. The van der Waals surface area contributed by atoms with Crippen molar-refractivity contribution in [1.82, 2.24) is 19.9 Å². The number of carbonyl (C=O) groups is 1. The minimum Gasteiger partial charge on any atom is -0.367 e. The van der Waals surface area contributed by atoms with Crippen LogP contribution in [0.5, 0.6) is 0 Å². The number of hydrogen-bond acceptors (Lipinski definition) is 6. The highest BCUT2D eigenvalue weighted by molar-refractivity contribution is 5.98. The molecule has 2 aromatic heterocycles.